The fourth-order valence-corrected chi connectivity index (χ4v) is 3.82. The number of carbonyl (C=O) groups excluding carboxylic acids is 3. The van der Waals surface area contributed by atoms with Crippen molar-refractivity contribution in [3.05, 3.63) is 68.6 Å². The van der Waals surface area contributed by atoms with Crippen LogP contribution in [0.25, 0.3) is 6.08 Å². The highest BCUT2D eigenvalue weighted by molar-refractivity contribution is 8.18. The van der Waals surface area contributed by atoms with Crippen LogP contribution >= 0.6 is 11.8 Å². The Labute approximate surface area is 193 Å². The van der Waals surface area contributed by atoms with Crippen molar-refractivity contribution in [2.75, 3.05) is 20.3 Å². The smallest absolute Gasteiger partial charge is 0.343 e. The standard InChI is InChI=1S/C22H20N2O8S/c1-3-31-18-10-14(8-9-17(18)32-13-20(25)30-2)11-19-21(26)23(22(27)33-19)12-15-6-4-5-7-16(15)24(28)29/h4-11H,3,12-13H2,1-2H3/b19-11-. The van der Waals surface area contributed by atoms with Gasteiger partial charge in [0.1, 0.15) is 0 Å². The number of nitro groups is 1. The highest BCUT2D eigenvalue weighted by atomic mass is 32.2. The number of esters is 1. The van der Waals surface area contributed by atoms with E-state index in [0.29, 0.717) is 23.7 Å². The highest BCUT2D eigenvalue weighted by Gasteiger charge is 2.36. The maximum absolute atomic E-state index is 12.8. The van der Waals surface area contributed by atoms with E-state index in [1.54, 1.807) is 31.2 Å². The lowest BCUT2D eigenvalue weighted by Gasteiger charge is -2.13. The first-order valence-electron chi connectivity index (χ1n) is 9.78. The number of imide groups is 1. The van der Waals surface area contributed by atoms with Crippen molar-refractivity contribution in [1.29, 1.82) is 0 Å². The van der Waals surface area contributed by atoms with Gasteiger partial charge in [-0.25, -0.2) is 4.79 Å². The predicted octanol–water partition coefficient (Wildman–Crippen LogP) is 3.78. The van der Waals surface area contributed by atoms with Crippen LogP contribution in [0, 0.1) is 10.1 Å². The molecule has 3 rings (SSSR count). The first-order chi connectivity index (χ1) is 15.8. The summed E-state index contributed by atoms with van der Waals surface area (Å²) < 4.78 is 15.5. The summed E-state index contributed by atoms with van der Waals surface area (Å²) in [6.45, 7) is 1.62. The van der Waals surface area contributed by atoms with Crippen LogP contribution < -0.4 is 9.47 Å². The van der Waals surface area contributed by atoms with Gasteiger partial charge >= 0.3 is 5.97 Å². The number of benzene rings is 2. The van der Waals surface area contributed by atoms with Gasteiger partial charge in [-0.2, -0.15) is 0 Å². The van der Waals surface area contributed by atoms with E-state index < -0.39 is 22.0 Å². The topological polar surface area (TPSA) is 125 Å². The average Bonchev–Trinajstić information content (AvgIpc) is 3.06. The molecule has 2 amide bonds. The van der Waals surface area contributed by atoms with Crippen LogP contribution in [-0.4, -0.2) is 47.3 Å². The quantitative estimate of drug-likeness (QED) is 0.232. The minimum Gasteiger partial charge on any atom is -0.490 e. The van der Waals surface area contributed by atoms with Crippen molar-refractivity contribution in [2.24, 2.45) is 0 Å². The van der Waals surface area contributed by atoms with E-state index in [2.05, 4.69) is 4.74 Å². The van der Waals surface area contributed by atoms with E-state index in [0.717, 1.165) is 16.7 Å². The molecule has 0 saturated carbocycles. The molecule has 0 N–H and O–H groups in total. The van der Waals surface area contributed by atoms with E-state index in [4.69, 9.17) is 9.47 Å². The third-order valence-electron chi connectivity index (χ3n) is 4.53. The molecule has 10 nitrogen and oxygen atoms in total. The SMILES string of the molecule is CCOc1cc(/C=C2\SC(=O)N(Cc3ccccc3[N+](=O)[O-])C2=O)ccc1OCC(=O)OC. The second kappa shape index (κ2) is 10.6. The molecule has 0 aliphatic carbocycles. The molecule has 11 heteroatoms. The number of nitrogens with zero attached hydrogens (tertiary/aromatic N) is 2. The Kier molecular flexibility index (Phi) is 7.67. The Bertz CT molecular complexity index is 1130. The normalized spacial score (nSPS) is 14.5. The fraction of sp³-hybridized carbons (Fsp3) is 0.227. The lowest BCUT2D eigenvalue weighted by Crippen LogP contribution is -2.27. The summed E-state index contributed by atoms with van der Waals surface area (Å²) in [7, 11) is 1.25. The number of para-hydroxylation sites is 1. The number of ether oxygens (including phenoxy) is 3. The van der Waals surface area contributed by atoms with Gasteiger partial charge in [0.05, 0.1) is 30.1 Å². The minimum absolute atomic E-state index is 0.163. The van der Waals surface area contributed by atoms with Crippen molar-refractivity contribution in [3.8, 4) is 11.5 Å². The Morgan fingerprint density at radius 3 is 2.61 bits per heavy atom. The van der Waals surface area contributed by atoms with Gasteiger partial charge in [0.15, 0.2) is 18.1 Å². The summed E-state index contributed by atoms with van der Waals surface area (Å²) in [4.78, 5) is 48.4. The number of methoxy groups -OCH3 is 1. The molecule has 0 bridgehead atoms. The molecule has 0 aromatic heterocycles. The summed E-state index contributed by atoms with van der Waals surface area (Å²) >= 11 is 0.746. The molecule has 0 unspecified atom stereocenters. The summed E-state index contributed by atoms with van der Waals surface area (Å²) in [6.07, 6.45) is 1.52. The van der Waals surface area contributed by atoms with Crippen LogP contribution in [0.3, 0.4) is 0 Å². The van der Waals surface area contributed by atoms with E-state index in [1.165, 1.54) is 31.4 Å². The van der Waals surface area contributed by atoms with E-state index in [9.17, 15) is 24.5 Å². The van der Waals surface area contributed by atoms with Gasteiger partial charge in [0, 0.05) is 11.6 Å². The number of carbonyl (C=O) groups is 3. The maximum Gasteiger partial charge on any atom is 0.343 e. The molecule has 1 saturated heterocycles. The molecule has 1 aliphatic rings. The molecule has 1 fully saturated rings. The van der Waals surface area contributed by atoms with Crippen LogP contribution in [0.2, 0.25) is 0 Å². The van der Waals surface area contributed by atoms with Gasteiger partial charge in [-0.3, -0.25) is 24.6 Å². The zero-order chi connectivity index (χ0) is 24.0. The van der Waals surface area contributed by atoms with Crippen LogP contribution in [0.15, 0.2) is 47.4 Å². The van der Waals surface area contributed by atoms with Gasteiger partial charge in [-0.05, 0) is 42.5 Å². The third-order valence-corrected chi connectivity index (χ3v) is 5.44. The zero-order valence-electron chi connectivity index (χ0n) is 17.8. The molecule has 0 atom stereocenters. The number of thioether (sulfide) groups is 1. The van der Waals surface area contributed by atoms with Crippen LogP contribution in [0.5, 0.6) is 11.5 Å². The Morgan fingerprint density at radius 2 is 1.91 bits per heavy atom. The maximum atomic E-state index is 12.8. The van der Waals surface area contributed by atoms with Crippen molar-refractivity contribution in [2.45, 2.75) is 13.5 Å². The molecule has 2 aromatic carbocycles. The molecule has 172 valence electrons. The molecule has 1 aliphatic heterocycles. The van der Waals surface area contributed by atoms with E-state index >= 15 is 0 Å². The lowest BCUT2D eigenvalue weighted by atomic mass is 10.1. The Hall–Kier alpha value is -3.86. The van der Waals surface area contributed by atoms with Gasteiger partial charge < -0.3 is 14.2 Å². The van der Waals surface area contributed by atoms with Gasteiger partial charge in [0.2, 0.25) is 0 Å². The van der Waals surface area contributed by atoms with Crippen LogP contribution in [0.1, 0.15) is 18.1 Å². The molecule has 0 spiro atoms. The number of rotatable bonds is 9. The molecule has 2 aromatic rings. The van der Waals surface area contributed by atoms with Crippen molar-refractivity contribution >= 4 is 40.6 Å². The van der Waals surface area contributed by atoms with E-state index in [1.807, 2.05) is 0 Å². The van der Waals surface area contributed by atoms with Gasteiger partial charge in [-0.1, -0.05) is 24.3 Å². The fourth-order valence-electron chi connectivity index (χ4n) is 2.98. The zero-order valence-corrected chi connectivity index (χ0v) is 18.6. The van der Waals surface area contributed by atoms with Gasteiger partial charge in [-0.15, -0.1) is 0 Å². The number of hydrogen-bond donors (Lipinski definition) is 0. The molecular weight excluding hydrogens is 452 g/mol. The monoisotopic (exact) mass is 472 g/mol. The van der Waals surface area contributed by atoms with Crippen molar-refractivity contribution in [1.82, 2.24) is 4.90 Å². The largest absolute Gasteiger partial charge is 0.490 e. The minimum atomic E-state index is -0.552. The second-order valence-corrected chi connectivity index (χ2v) is 7.65. The highest BCUT2D eigenvalue weighted by Crippen LogP contribution is 2.36. The van der Waals surface area contributed by atoms with Gasteiger partial charge in [0.25, 0.3) is 16.8 Å². The summed E-state index contributed by atoms with van der Waals surface area (Å²) in [6, 6.07) is 10.8. The molecule has 0 radical (unpaired) electrons. The predicted molar refractivity (Wildman–Crippen MR) is 120 cm³/mol. The first-order valence-corrected chi connectivity index (χ1v) is 10.6. The molecule has 33 heavy (non-hydrogen) atoms. The van der Waals surface area contributed by atoms with Crippen LogP contribution in [0.4, 0.5) is 10.5 Å². The van der Waals surface area contributed by atoms with E-state index in [-0.39, 0.29) is 29.3 Å². The Balaban J connectivity index is 1.81. The summed E-state index contributed by atoms with van der Waals surface area (Å²) in [5, 5.41) is 10.7. The molecule has 1 heterocycles. The van der Waals surface area contributed by atoms with Crippen molar-refractivity contribution in [3.63, 3.8) is 0 Å². The first kappa shape index (κ1) is 23.8. The summed E-state index contributed by atoms with van der Waals surface area (Å²) in [5.74, 6) is -0.417. The summed E-state index contributed by atoms with van der Waals surface area (Å²) in [5.41, 5.74) is 0.668. The number of nitro benzene ring substituents is 1. The molecular formula is C22H20N2O8S. The average molecular weight is 472 g/mol. The third kappa shape index (κ3) is 5.69. The lowest BCUT2D eigenvalue weighted by molar-refractivity contribution is -0.385. The van der Waals surface area contributed by atoms with Crippen molar-refractivity contribution < 1.29 is 33.5 Å². The second-order valence-electron chi connectivity index (χ2n) is 6.66. The number of amides is 2. The Morgan fingerprint density at radius 1 is 1.15 bits per heavy atom. The number of hydrogen-bond acceptors (Lipinski definition) is 9. The van der Waals surface area contributed by atoms with Crippen LogP contribution in [-0.2, 0) is 20.9 Å².